The molecule has 1 heterocycles. The van der Waals surface area contributed by atoms with Gasteiger partial charge in [-0.05, 0) is 38.1 Å². The number of rotatable bonds is 5. The van der Waals surface area contributed by atoms with Gasteiger partial charge in [-0.25, -0.2) is 0 Å². The van der Waals surface area contributed by atoms with Crippen LogP contribution in [0.3, 0.4) is 0 Å². The molecular weight excluding hydrogens is 272 g/mol. The fraction of sp³-hybridized carbons (Fsp3) is 0.533. The highest BCUT2D eigenvalue weighted by Crippen LogP contribution is 2.31. The molecule has 0 aliphatic carbocycles. The summed E-state index contributed by atoms with van der Waals surface area (Å²) < 4.78 is 0. The Balaban J connectivity index is 1.70. The summed E-state index contributed by atoms with van der Waals surface area (Å²) in [6, 6.07) is 10.6. The van der Waals surface area contributed by atoms with Crippen molar-refractivity contribution in [2.24, 2.45) is 11.1 Å². The van der Waals surface area contributed by atoms with Crippen LogP contribution in [-0.4, -0.2) is 35.3 Å². The number of nitrogens with zero attached hydrogens (tertiary/aromatic N) is 1. The van der Waals surface area contributed by atoms with E-state index >= 15 is 0 Å². The molecule has 0 radical (unpaired) electrons. The van der Waals surface area contributed by atoms with E-state index in [2.05, 4.69) is 42.2 Å². The molecule has 2 N–H and O–H groups in total. The lowest BCUT2D eigenvalue weighted by Crippen LogP contribution is -2.45. The van der Waals surface area contributed by atoms with Crippen molar-refractivity contribution in [3.8, 4) is 0 Å². The number of thioether (sulfide) groups is 1. The summed E-state index contributed by atoms with van der Waals surface area (Å²) in [4.78, 5) is 4.56. The van der Waals surface area contributed by atoms with Crippen molar-refractivity contribution in [2.75, 3.05) is 25.4 Å². The first-order valence-corrected chi connectivity index (χ1v) is 8.20. The fourth-order valence-corrected chi connectivity index (χ4v) is 3.46. The second-order valence-electron chi connectivity index (χ2n) is 5.43. The van der Waals surface area contributed by atoms with Crippen LogP contribution in [0.15, 0.2) is 35.2 Å². The largest absolute Gasteiger partial charge is 0.393 e. The molecule has 1 aromatic rings. The van der Waals surface area contributed by atoms with E-state index in [4.69, 9.17) is 18.0 Å². The third-order valence-electron chi connectivity index (χ3n) is 3.97. The third-order valence-corrected chi connectivity index (χ3v) is 5.46. The van der Waals surface area contributed by atoms with Gasteiger partial charge in [-0.3, -0.25) is 0 Å². The SMILES string of the molecule is CC1(C(N)=S)CCN(CCSc2ccccc2)CC1. The van der Waals surface area contributed by atoms with Gasteiger partial charge in [0, 0.05) is 22.6 Å². The number of piperidine rings is 1. The van der Waals surface area contributed by atoms with Gasteiger partial charge in [-0.15, -0.1) is 11.8 Å². The Morgan fingerprint density at radius 1 is 1.32 bits per heavy atom. The van der Waals surface area contributed by atoms with Gasteiger partial charge in [0.25, 0.3) is 0 Å². The predicted molar refractivity (Wildman–Crippen MR) is 87.7 cm³/mol. The Hall–Kier alpha value is -0.580. The molecule has 0 atom stereocenters. The van der Waals surface area contributed by atoms with E-state index in [0.717, 1.165) is 38.2 Å². The van der Waals surface area contributed by atoms with Crippen LogP contribution < -0.4 is 5.73 Å². The number of benzene rings is 1. The first-order chi connectivity index (χ1) is 9.10. The van der Waals surface area contributed by atoms with Crippen LogP contribution >= 0.6 is 24.0 Å². The van der Waals surface area contributed by atoms with E-state index in [1.165, 1.54) is 4.90 Å². The molecule has 104 valence electrons. The van der Waals surface area contributed by atoms with Crippen molar-refractivity contribution < 1.29 is 0 Å². The number of hydrogen-bond acceptors (Lipinski definition) is 3. The summed E-state index contributed by atoms with van der Waals surface area (Å²) >= 11 is 7.10. The highest BCUT2D eigenvalue weighted by Gasteiger charge is 2.32. The van der Waals surface area contributed by atoms with Gasteiger partial charge < -0.3 is 10.6 Å². The predicted octanol–water partition coefficient (Wildman–Crippen LogP) is 3.17. The van der Waals surface area contributed by atoms with Gasteiger partial charge in [0.2, 0.25) is 0 Å². The quantitative estimate of drug-likeness (QED) is 0.667. The molecule has 0 aromatic heterocycles. The zero-order valence-electron chi connectivity index (χ0n) is 11.5. The monoisotopic (exact) mass is 294 g/mol. The smallest absolute Gasteiger partial charge is 0.0788 e. The Kier molecular flexibility index (Phi) is 5.25. The minimum absolute atomic E-state index is 0.0818. The summed E-state index contributed by atoms with van der Waals surface area (Å²) in [5.74, 6) is 1.15. The van der Waals surface area contributed by atoms with Crippen molar-refractivity contribution in [2.45, 2.75) is 24.7 Å². The average molecular weight is 294 g/mol. The van der Waals surface area contributed by atoms with E-state index in [1.807, 2.05) is 11.8 Å². The molecule has 1 aliphatic rings. The molecule has 0 bridgehead atoms. The molecule has 19 heavy (non-hydrogen) atoms. The molecule has 1 aromatic carbocycles. The second-order valence-corrected chi connectivity index (χ2v) is 7.04. The zero-order chi connectivity index (χ0) is 13.7. The van der Waals surface area contributed by atoms with Gasteiger partial charge in [0.1, 0.15) is 0 Å². The lowest BCUT2D eigenvalue weighted by atomic mass is 9.80. The molecule has 0 spiro atoms. The Bertz CT molecular complexity index is 411. The van der Waals surface area contributed by atoms with Gasteiger partial charge in [-0.2, -0.15) is 0 Å². The minimum Gasteiger partial charge on any atom is -0.393 e. The summed E-state index contributed by atoms with van der Waals surface area (Å²) in [6.45, 7) is 5.57. The highest BCUT2D eigenvalue weighted by atomic mass is 32.2. The lowest BCUT2D eigenvalue weighted by molar-refractivity contribution is 0.173. The van der Waals surface area contributed by atoms with E-state index in [-0.39, 0.29) is 5.41 Å². The summed E-state index contributed by atoms with van der Waals surface area (Å²) in [7, 11) is 0. The van der Waals surface area contributed by atoms with Crippen molar-refractivity contribution in [1.82, 2.24) is 4.90 Å². The normalized spacial score (nSPS) is 19.2. The maximum Gasteiger partial charge on any atom is 0.0788 e. The second kappa shape index (κ2) is 6.73. The van der Waals surface area contributed by atoms with Crippen LogP contribution in [0.5, 0.6) is 0 Å². The van der Waals surface area contributed by atoms with Gasteiger partial charge >= 0.3 is 0 Å². The van der Waals surface area contributed by atoms with Gasteiger partial charge in [0.15, 0.2) is 0 Å². The molecule has 1 aliphatic heterocycles. The van der Waals surface area contributed by atoms with Crippen LogP contribution in [-0.2, 0) is 0 Å². The minimum atomic E-state index is 0.0818. The first-order valence-electron chi connectivity index (χ1n) is 6.80. The molecule has 0 saturated carbocycles. The average Bonchev–Trinajstić information content (AvgIpc) is 2.42. The standard InChI is InChI=1S/C15H22N2S2/c1-15(14(16)18)7-9-17(10-8-15)11-12-19-13-5-3-2-4-6-13/h2-6H,7-12H2,1H3,(H2,16,18). The zero-order valence-corrected chi connectivity index (χ0v) is 13.1. The van der Waals surface area contributed by atoms with E-state index < -0.39 is 0 Å². The van der Waals surface area contributed by atoms with Gasteiger partial charge in [-0.1, -0.05) is 37.3 Å². The van der Waals surface area contributed by atoms with Crippen molar-refractivity contribution in [3.05, 3.63) is 30.3 Å². The van der Waals surface area contributed by atoms with Crippen LogP contribution in [0.2, 0.25) is 0 Å². The molecule has 0 amide bonds. The Morgan fingerprint density at radius 2 is 1.95 bits per heavy atom. The van der Waals surface area contributed by atoms with Crippen LogP contribution in [0.25, 0.3) is 0 Å². The van der Waals surface area contributed by atoms with E-state index in [1.54, 1.807) is 0 Å². The summed E-state index contributed by atoms with van der Waals surface area (Å²) in [6.07, 6.45) is 2.19. The molecule has 1 fully saturated rings. The maximum absolute atomic E-state index is 5.83. The van der Waals surface area contributed by atoms with Crippen molar-refractivity contribution in [1.29, 1.82) is 0 Å². The van der Waals surface area contributed by atoms with Crippen LogP contribution in [0, 0.1) is 5.41 Å². The topological polar surface area (TPSA) is 29.3 Å². The highest BCUT2D eigenvalue weighted by molar-refractivity contribution is 7.99. The first kappa shape index (κ1) is 14.8. The molecule has 0 unspecified atom stereocenters. The van der Waals surface area contributed by atoms with E-state index in [0.29, 0.717) is 4.99 Å². The molecule has 4 heteroatoms. The van der Waals surface area contributed by atoms with Gasteiger partial charge in [0.05, 0.1) is 4.99 Å². The third kappa shape index (κ3) is 4.20. The molecule has 2 nitrogen and oxygen atoms in total. The van der Waals surface area contributed by atoms with E-state index in [9.17, 15) is 0 Å². The Morgan fingerprint density at radius 3 is 2.53 bits per heavy atom. The fourth-order valence-electron chi connectivity index (χ4n) is 2.33. The number of hydrogen-bond donors (Lipinski definition) is 1. The number of likely N-dealkylation sites (tertiary alicyclic amines) is 1. The summed E-state index contributed by atoms with van der Waals surface area (Å²) in [5.41, 5.74) is 5.91. The number of nitrogens with two attached hydrogens (primary N) is 1. The lowest BCUT2D eigenvalue weighted by Gasteiger charge is -2.38. The van der Waals surface area contributed by atoms with Crippen molar-refractivity contribution >= 4 is 29.0 Å². The van der Waals surface area contributed by atoms with Crippen LogP contribution in [0.4, 0.5) is 0 Å². The van der Waals surface area contributed by atoms with Crippen molar-refractivity contribution in [3.63, 3.8) is 0 Å². The number of thiocarbonyl (C=S) groups is 1. The van der Waals surface area contributed by atoms with Crippen LogP contribution in [0.1, 0.15) is 19.8 Å². The summed E-state index contributed by atoms with van der Waals surface area (Å²) in [5, 5.41) is 0. The molecular formula is C15H22N2S2. The Labute approximate surface area is 125 Å². The molecule has 1 saturated heterocycles. The molecule has 2 rings (SSSR count). The maximum atomic E-state index is 5.83.